The molecule has 0 radical (unpaired) electrons. The van der Waals surface area contributed by atoms with E-state index in [1.807, 2.05) is 25.1 Å². The molecule has 0 aromatic heterocycles. The summed E-state index contributed by atoms with van der Waals surface area (Å²) in [6.07, 6.45) is -0.380. The minimum Gasteiger partial charge on any atom is -0.447 e. The second-order valence-corrected chi connectivity index (χ2v) is 3.67. The molecule has 2 rings (SSSR count). The smallest absolute Gasteiger partial charge is 0.407 e. The Morgan fingerprint density at radius 1 is 1.57 bits per heavy atom. The van der Waals surface area contributed by atoms with Gasteiger partial charge < -0.3 is 10.1 Å². The number of ether oxygens (including phenoxy) is 1. The minimum atomic E-state index is -0.380. The van der Waals surface area contributed by atoms with Gasteiger partial charge in [-0.3, -0.25) is 0 Å². The largest absolute Gasteiger partial charge is 0.447 e. The Morgan fingerprint density at radius 2 is 2.36 bits per heavy atom. The summed E-state index contributed by atoms with van der Waals surface area (Å²) in [7, 11) is 0. The standard InChI is InChI=1S/C10H10ClNO2/c1-6-3-2-4-7(11)9(6)8-5-14-10(13)12-8/h2-4,8H,5H2,1H3,(H,12,13)/t8-/m0/s1. The molecule has 1 saturated heterocycles. The van der Waals surface area contributed by atoms with Gasteiger partial charge in [-0.05, 0) is 24.1 Å². The Kier molecular flexibility index (Phi) is 2.33. The number of alkyl carbamates (subject to hydrolysis) is 1. The second kappa shape index (κ2) is 3.50. The van der Waals surface area contributed by atoms with Crippen molar-refractivity contribution < 1.29 is 9.53 Å². The fraction of sp³-hybridized carbons (Fsp3) is 0.300. The van der Waals surface area contributed by atoms with E-state index in [0.29, 0.717) is 11.6 Å². The Morgan fingerprint density at radius 3 is 2.93 bits per heavy atom. The lowest BCUT2D eigenvalue weighted by Crippen LogP contribution is -2.19. The Balaban J connectivity index is 2.36. The maximum Gasteiger partial charge on any atom is 0.407 e. The zero-order valence-electron chi connectivity index (χ0n) is 7.71. The lowest BCUT2D eigenvalue weighted by Gasteiger charge is -2.12. The van der Waals surface area contributed by atoms with E-state index >= 15 is 0 Å². The first kappa shape index (κ1) is 9.34. The summed E-state index contributed by atoms with van der Waals surface area (Å²) in [5.41, 5.74) is 2.01. The fourth-order valence-corrected chi connectivity index (χ4v) is 1.98. The molecule has 0 aliphatic carbocycles. The normalized spacial score (nSPS) is 20.4. The van der Waals surface area contributed by atoms with E-state index in [-0.39, 0.29) is 12.1 Å². The van der Waals surface area contributed by atoms with Crippen LogP contribution in [0.2, 0.25) is 5.02 Å². The van der Waals surface area contributed by atoms with Gasteiger partial charge in [-0.15, -0.1) is 0 Å². The van der Waals surface area contributed by atoms with E-state index in [4.69, 9.17) is 16.3 Å². The molecule has 1 aromatic carbocycles. The molecule has 1 atom stereocenters. The summed E-state index contributed by atoms with van der Waals surface area (Å²) in [5.74, 6) is 0. The summed E-state index contributed by atoms with van der Waals surface area (Å²) >= 11 is 6.05. The third-order valence-electron chi connectivity index (χ3n) is 2.29. The van der Waals surface area contributed by atoms with Gasteiger partial charge in [0.1, 0.15) is 6.61 Å². The lowest BCUT2D eigenvalue weighted by atomic mass is 10.0. The average Bonchev–Trinajstić information content (AvgIpc) is 2.51. The highest BCUT2D eigenvalue weighted by molar-refractivity contribution is 6.31. The van der Waals surface area contributed by atoms with Crippen LogP contribution in [0.5, 0.6) is 0 Å². The van der Waals surface area contributed by atoms with E-state index in [9.17, 15) is 4.79 Å². The first-order chi connectivity index (χ1) is 6.68. The number of halogens is 1. The van der Waals surface area contributed by atoms with Crippen molar-refractivity contribution in [2.24, 2.45) is 0 Å². The Hall–Kier alpha value is -1.22. The molecule has 14 heavy (non-hydrogen) atoms. The van der Waals surface area contributed by atoms with Gasteiger partial charge in [0.2, 0.25) is 0 Å². The van der Waals surface area contributed by atoms with Crippen molar-refractivity contribution in [2.75, 3.05) is 6.61 Å². The molecule has 1 aromatic rings. The summed E-state index contributed by atoms with van der Waals surface area (Å²) in [6, 6.07) is 5.55. The number of nitrogens with one attached hydrogen (secondary N) is 1. The molecule has 1 heterocycles. The van der Waals surface area contributed by atoms with Gasteiger partial charge in [0.15, 0.2) is 0 Å². The number of carbonyl (C=O) groups is 1. The van der Waals surface area contributed by atoms with Crippen LogP contribution in [0.4, 0.5) is 4.79 Å². The number of hydrogen-bond acceptors (Lipinski definition) is 2. The molecule has 0 spiro atoms. The highest BCUT2D eigenvalue weighted by Gasteiger charge is 2.26. The predicted octanol–water partition coefficient (Wildman–Crippen LogP) is 2.43. The minimum absolute atomic E-state index is 0.115. The highest BCUT2D eigenvalue weighted by Crippen LogP contribution is 2.28. The van der Waals surface area contributed by atoms with Crippen LogP contribution in [0.15, 0.2) is 18.2 Å². The summed E-state index contributed by atoms with van der Waals surface area (Å²) in [5, 5.41) is 3.37. The Labute approximate surface area is 87.0 Å². The maximum absolute atomic E-state index is 10.9. The lowest BCUT2D eigenvalue weighted by molar-refractivity contribution is 0.177. The third kappa shape index (κ3) is 1.55. The number of benzene rings is 1. The molecule has 1 fully saturated rings. The molecule has 3 nitrogen and oxygen atoms in total. The molecular formula is C10H10ClNO2. The summed E-state index contributed by atoms with van der Waals surface area (Å²) < 4.78 is 4.82. The molecule has 1 aliphatic heterocycles. The van der Waals surface area contributed by atoms with E-state index < -0.39 is 0 Å². The van der Waals surface area contributed by atoms with Crippen molar-refractivity contribution in [3.8, 4) is 0 Å². The number of rotatable bonds is 1. The zero-order valence-corrected chi connectivity index (χ0v) is 8.47. The molecule has 0 saturated carbocycles. The van der Waals surface area contributed by atoms with Gasteiger partial charge in [0.25, 0.3) is 0 Å². The molecular weight excluding hydrogens is 202 g/mol. The Bertz CT molecular complexity index is 358. The van der Waals surface area contributed by atoms with E-state index in [2.05, 4.69) is 5.32 Å². The van der Waals surface area contributed by atoms with Crippen LogP contribution in [0.1, 0.15) is 17.2 Å². The first-order valence-corrected chi connectivity index (χ1v) is 4.74. The molecule has 1 amide bonds. The number of carbonyl (C=O) groups excluding carboxylic acids is 1. The van der Waals surface area contributed by atoms with Crippen LogP contribution in [0.3, 0.4) is 0 Å². The van der Waals surface area contributed by atoms with Crippen molar-refractivity contribution in [1.82, 2.24) is 5.32 Å². The maximum atomic E-state index is 10.9. The van der Waals surface area contributed by atoms with Crippen molar-refractivity contribution in [2.45, 2.75) is 13.0 Å². The number of aryl methyl sites for hydroxylation is 1. The van der Waals surface area contributed by atoms with Gasteiger partial charge in [-0.25, -0.2) is 4.79 Å². The fourth-order valence-electron chi connectivity index (χ4n) is 1.63. The number of amides is 1. The number of hydrogen-bond donors (Lipinski definition) is 1. The average molecular weight is 212 g/mol. The van der Waals surface area contributed by atoms with Crippen molar-refractivity contribution in [3.05, 3.63) is 34.3 Å². The topological polar surface area (TPSA) is 38.3 Å². The zero-order chi connectivity index (χ0) is 10.1. The highest BCUT2D eigenvalue weighted by atomic mass is 35.5. The second-order valence-electron chi connectivity index (χ2n) is 3.27. The third-order valence-corrected chi connectivity index (χ3v) is 2.62. The van der Waals surface area contributed by atoms with Gasteiger partial charge in [-0.1, -0.05) is 23.7 Å². The quantitative estimate of drug-likeness (QED) is 0.775. The summed E-state index contributed by atoms with van der Waals surface area (Å²) in [4.78, 5) is 10.9. The van der Waals surface area contributed by atoms with Crippen LogP contribution >= 0.6 is 11.6 Å². The van der Waals surface area contributed by atoms with Crippen molar-refractivity contribution >= 4 is 17.7 Å². The van der Waals surface area contributed by atoms with Gasteiger partial charge in [0.05, 0.1) is 6.04 Å². The van der Waals surface area contributed by atoms with Crippen LogP contribution in [0, 0.1) is 6.92 Å². The van der Waals surface area contributed by atoms with Crippen LogP contribution in [0.25, 0.3) is 0 Å². The first-order valence-electron chi connectivity index (χ1n) is 4.37. The van der Waals surface area contributed by atoms with Gasteiger partial charge >= 0.3 is 6.09 Å². The van der Waals surface area contributed by atoms with E-state index in [1.165, 1.54) is 0 Å². The van der Waals surface area contributed by atoms with E-state index in [1.54, 1.807) is 0 Å². The van der Waals surface area contributed by atoms with Crippen molar-refractivity contribution in [3.63, 3.8) is 0 Å². The molecule has 74 valence electrons. The molecule has 4 heteroatoms. The van der Waals surface area contributed by atoms with Crippen LogP contribution in [-0.2, 0) is 4.74 Å². The van der Waals surface area contributed by atoms with Gasteiger partial charge in [-0.2, -0.15) is 0 Å². The van der Waals surface area contributed by atoms with Gasteiger partial charge in [0, 0.05) is 5.02 Å². The molecule has 0 bridgehead atoms. The summed E-state index contributed by atoms with van der Waals surface area (Å²) in [6.45, 7) is 2.31. The van der Waals surface area contributed by atoms with Crippen LogP contribution in [-0.4, -0.2) is 12.7 Å². The van der Waals surface area contributed by atoms with E-state index in [0.717, 1.165) is 11.1 Å². The number of cyclic esters (lactones) is 1. The van der Waals surface area contributed by atoms with Crippen LogP contribution < -0.4 is 5.32 Å². The monoisotopic (exact) mass is 211 g/mol. The molecule has 1 N–H and O–H groups in total. The predicted molar refractivity (Wildman–Crippen MR) is 53.4 cm³/mol. The SMILES string of the molecule is Cc1cccc(Cl)c1[C@@H]1COC(=O)N1. The van der Waals surface area contributed by atoms with Crippen molar-refractivity contribution in [1.29, 1.82) is 0 Å². The molecule has 0 unspecified atom stereocenters. The molecule has 1 aliphatic rings.